The molecule has 1 rings (SSSR count). The van der Waals surface area contributed by atoms with E-state index in [1.807, 2.05) is 0 Å². The molecule has 0 aliphatic carbocycles. The Balaban J connectivity index is 3.09. The maximum Gasteiger partial charge on any atom is 0.222 e. The molecule has 0 spiro atoms. The normalized spacial score (nSPS) is 8.93. The summed E-state index contributed by atoms with van der Waals surface area (Å²) in [7, 11) is 1.46. The van der Waals surface area contributed by atoms with Crippen molar-refractivity contribution in [3.05, 3.63) is 12.0 Å². The maximum atomic E-state index is 10.8. The molecule has 1 aromatic rings. The highest BCUT2D eigenvalue weighted by Crippen LogP contribution is 2.19. The van der Waals surface area contributed by atoms with Crippen molar-refractivity contribution in [2.75, 3.05) is 12.4 Å². The lowest BCUT2D eigenvalue weighted by molar-refractivity contribution is -0.114. The first-order valence-corrected chi connectivity index (χ1v) is 3.82. The predicted molar refractivity (Wildman–Crippen MR) is 50.8 cm³/mol. The van der Waals surface area contributed by atoms with E-state index in [1.54, 1.807) is 0 Å². The third-order valence-corrected chi connectivity index (χ3v) is 1.40. The van der Waals surface area contributed by atoms with Crippen LogP contribution in [0, 0.1) is 12.3 Å². The van der Waals surface area contributed by atoms with Crippen LogP contribution in [0.2, 0.25) is 0 Å². The third kappa shape index (κ3) is 2.20. The molecule has 1 heterocycles. The van der Waals surface area contributed by atoms with Gasteiger partial charge in [-0.3, -0.25) is 4.79 Å². The highest BCUT2D eigenvalue weighted by molar-refractivity contribution is 5.89. The van der Waals surface area contributed by atoms with Crippen LogP contribution < -0.4 is 10.1 Å². The van der Waals surface area contributed by atoms with Gasteiger partial charge in [0.2, 0.25) is 11.7 Å². The van der Waals surface area contributed by atoms with Crippen LogP contribution in [0.15, 0.2) is 6.20 Å². The zero-order chi connectivity index (χ0) is 10.6. The van der Waals surface area contributed by atoms with Crippen molar-refractivity contribution in [2.24, 2.45) is 0 Å². The number of carbonyl (C=O) groups is 1. The van der Waals surface area contributed by atoms with Gasteiger partial charge in [0, 0.05) is 6.92 Å². The lowest BCUT2D eigenvalue weighted by Gasteiger charge is -2.06. The van der Waals surface area contributed by atoms with E-state index < -0.39 is 0 Å². The molecule has 0 atom stereocenters. The Kier molecular flexibility index (Phi) is 3.02. The molecule has 0 aliphatic rings. The molecule has 0 unspecified atom stereocenters. The third-order valence-electron chi connectivity index (χ3n) is 1.40. The summed E-state index contributed by atoms with van der Waals surface area (Å²) in [5, 5.41) is 2.49. The molecule has 0 aromatic carbocycles. The van der Waals surface area contributed by atoms with Crippen LogP contribution in [0.25, 0.3) is 0 Å². The number of nitrogens with zero attached hydrogens (tertiary/aromatic N) is 2. The van der Waals surface area contributed by atoms with E-state index in [-0.39, 0.29) is 17.5 Å². The van der Waals surface area contributed by atoms with Gasteiger partial charge < -0.3 is 10.1 Å². The topological polar surface area (TPSA) is 64.1 Å². The van der Waals surface area contributed by atoms with E-state index in [1.165, 1.54) is 20.2 Å². The Bertz CT molecular complexity index is 396. The van der Waals surface area contributed by atoms with Crippen molar-refractivity contribution in [3.63, 3.8) is 0 Å². The first-order valence-electron chi connectivity index (χ1n) is 3.82. The quantitative estimate of drug-likeness (QED) is 0.688. The largest absolute Gasteiger partial charge is 0.491 e. The second-order valence-corrected chi connectivity index (χ2v) is 2.44. The zero-order valence-electron chi connectivity index (χ0n) is 7.87. The van der Waals surface area contributed by atoms with Crippen molar-refractivity contribution in [2.45, 2.75) is 6.92 Å². The van der Waals surface area contributed by atoms with Gasteiger partial charge >= 0.3 is 0 Å². The van der Waals surface area contributed by atoms with Crippen molar-refractivity contribution in [3.8, 4) is 18.1 Å². The van der Waals surface area contributed by atoms with Crippen LogP contribution in [0.5, 0.6) is 5.75 Å². The molecule has 5 heteroatoms. The summed E-state index contributed by atoms with van der Waals surface area (Å²) in [5.41, 5.74) is 0. The standard InChI is InChI=1S/C9H9N3O2/c1-4-8-10-5-7(14-3)9(12-8)11-6(2)13/h1,5H,2-3H3,(H,10,11,12,13). The number of carbonyl (C=O) groups excluding carboxylic acids is 1. The zero-order valence-corrected chi connectivity index (χ0v) is 7.87. The van der Waals surface area contributed by atoms with Gasteiger partial charge in [-0.2, -0.15) is 4.98 Å². The molecule has 0 bridgehead atoms. The maximum absolute atomic E-state index is 10.8. The van der Waals surface area contributed by atoms with Crippen molar-refractivity contribution < 1.29 is 9.53 Å². The van der Waals surface area contributed by atoms with Crippen LogP contribution in [-0.2, 0) is 4.79 Å². The fourth-order valence-corrected chi connectivity index (χ4v) is 0.846. The molecule has 0 fully saturated rings. The summed E-state index contributed by atoms with van der Waals surface area (Å²) in [5.74, 6) is 2.88. The van der Waals surface area contributed by atoms with Crippen LogP contribution in [0.4, 0.5) is 5.82 Å². The minimum Gasteiger partial charge on any atom is -0.491 e. The molecular weight excluding hydrogens is 182 g/mol. The number of hydrogen-bond acceptors (Lipinski definition) is 4. The summed E-state index contributed by atoms with van der Waals surface area (Å²) in [4.78, 5) is 18.5. The molecule has 0 saturated heterocycles. The van der Waals surface area contributed by atoms with Crippen LogP contribution >= 0.6 is 0 Å². The van der Waals surface area contributed by atoms with Gasteiger partial charge in [0.1, 0.15) is 0 Å². The second-order valence-electron chi connectivity index (χ2n) is 2.44. The molecule has 0 aliphatic heterocycles. The number of anilines is 1. The number of ether oxygens (including phenoxy) is 1. The van der Waals surface area contributed by atoms with Crippen LogP contribution in [0.1, 0.15) is 12.7 Å². The van der Waals surface area contributed by atoms with E-state index in [4.69, 9.17) is 11.2 Å². The summed E-state index contributed by atoms with van der Waals surface area (Å²) in [6.07, 6.45) is 6.52. The van der Waals surface area contributed by atoms with Crippen LogP contribution in [0.3, 0.4) is 0 Å². The Morgan fingerprint density at radius 1 is 1.71 bits per heavy atom. The SMILES string of the molecule is C#Cc1ncc(OC)c(NC(C)=O)n1. The first kappa shape index (κ1) is 9.99. The smallest absolute Gasteiger partial charge is 0.222 e. The summed E-state index contributed by atoms with van der Waals surface area (Å²) in [6, 6.07) is 0. The fraction of sp³-hybridized carbons (Fsp3) is 0.222. The number of amides is 1. The van der Waals surface area contributed by atoms with E-state index in [0.717, 1.165) is 0 Å². The van der Waals surface area contributed by atoms with Gasteiger partial charge in [-0.1, -0.05) is 0 Å². The summed E-state index contributed by atoms with van der Waals surface area (Å²) >= 11 is 0. The van der Waals surface area contributed by atoms with E-state index in [2.05, 4.69) is 21.2 Å². The van der Waals surface area contributed by atoms with Crippen LogP contribution in [-0.4, -0.2) is 23.0 Å². The van der Waals surface area contributed by atoms with Crippen molar-refractivity contribution >= 4 is 11.7 Å². The molecule has 1 aromatic heterocycles. The number of aromatic nitrogens is 2. The van der Waals surface area contributed by atoms with Crippen molar-refractivity contribution in [1.82, 2.24) is 9.97 Å². The number of hydrogen-bond donors (Lipinski definition) is 1. The Morgan fingerprint density at radius 2 is 2.43 bits per heavy atom. The molecule has 1 amide bonds. The van der Waals surface area contributed by atoms with Gasteiger partial charge in [0.25, 0.3) is 0 Å². The second kappa shape index (κ2) is 4.23. The molecule has 0 saturated carbocycles. The molecule has 14 heavy (non-hydrogen) atoms. The van der Waals surface area contributed by atoms with Crippen molar-refractivity contribution in [1.29, 1.82) is 0 Å². The molecule has 72 valence electrons. The number of methoxy groups -OCH3 is 1. The Hall–Kier alpha value is -2.09. The van der Waals surface area contributed by atoms with Gasteiger partial charge in [-0.15, -0.1) is 6.42 Å². The lowest BCUT2D eigenvalue weighted by Crippen LogP contribution is -2.10. The highest BCUT2D eigenvalue weighted by atomic mass is 16.5. The Morgan fingerprint density at radius 3 is 2.93 bits per heavy atom. The molecule has 5 nitrogen and oxygen atoms in total. The van der Waals surface area contributed by atoms with E-state index >= 15 is 0 Å². The fourth-order valence-electron chi connectivity index (χ4n) is 0.846. The predicted octanol–water partition coefficient (Wildman–Crippen LogP) is 0.425. The lowest BCUT2D eigenvalue weighted by atomic mass is 10.4. The summed E-state index contributed by atoms with van der Waals surface area (Å²) < 4.78 is 4.94. The number of nitrogens with one attached hydrogen (secondary N) is 1. The average molecular weight is 191 g/mol. The summed E-state index contributed by atoms with van der Waals surface area (Å²) in [6.45, 7) is 1.37. The minimum absolute atomic E-state index is 0.203. The molecular formula is C9H9N3O2. The molecule has 0 radical (unpaired) electrons. The van der Waals surface area contributed by atoms with Gasteiger partial charge in [-0.05, 0) is 5.92 Å². The van der Waals surface area contributed by atoms with Gasteiger partial charge in [-0.25, -0.2) is 4.98 Å². The number of rotatable bonds is 2. The first-order chi connectivity index (χ1) is 6.67. The highest BCUT2D eigenvalue weighted by Gasteiger charge is 2.07. The van der Waals surface area contributed by atoms with Gasteiger partial charge in [0.15, 0.2) is 11.6 Å². The minimum atomic E-state index is -0.245. The average Bonchev–Trinajstić information content (AvgIpc) is 2.16. The van der Waals surface area contributed by atoms with Gasteiger partial charge in [0.05, 0.1) is 13.3 Å². The molecule has 1 N–H and O–H groups in total. The Labute approximate surface area is 81.5 Å². The number of terminal acetylenes is 1. The van der Waals surface area contributed by atoms with E-state index in [0.29, 0.717) is 5.75 Å². The van der Waals surface area contributed by atoms with E-state index in [9.17, 15) is 4.79 Å². The monoisotopic (exact) mass is 191 g/mol.